The molecule has 0 fully saturated rings. The molecule has 0 radical (unpaired) electrons. The van der Waals surface area contributed by atoms with Gasteiger partial charge in [0.15, 0.2) is 31.0 Å². The molecule has 8 aromatic rings. The highest BCUT2D eigenvalue weighted by Crippen LogP contribution is 2.38. The summed E-state index contributed by atoms with van der Waals surface area (Å²) in [6.07, 6.45) is 5.91. The molecule has 56 heavy (non-hydrogen) atoms. The van der Waals surface area contributed by atoms with E-state index in [0.717, 1.165) is 22.3 Å². The fourth-order valence-electron chi connectivity index (χ4n) is 6.31. The molecule has 0 atom stereocenters. The van der Waals surface area contributed by atoms with Crippen molar-refractivity contribution in [3.63, 3.8) is 0 Å². The summed E-state index contributed by atoms with van der Waals surface area (Å²) in [5, 5.41) is 13.5. The molecule has 4 heterocycles. The van der Waals surface area contributed by atoms with Crippen LogP contribution in [0.15, 0.2) is 144 Å². The van der Waals surface area contributed by atoms with Crippen molar-refractivity contribution in [2.24, 2.45) is 0 Å². The SMILES string of the molecule is COc1cccc(N(c2nc3c(-c4ccc(S(C)(=O)=O)cc4)cccn3n2)N(c2cccc(OC)c2)c2nc3c(-c4ccc(S(C)(=O)=O)cc4)cccn3n2)c1. The van der Waals surface area contributed by atoms with Gasteiger partial charge >= 0.3 is 0 Å². The molecule has 0 aliphatic carbocycles. The molecule has 0 spiro atoms. The number of methoxy groups -OCH3 is 2. The van der Waals surface area contributed by atoms with Gasteiger partial charge in [0.25, 0.3) is 11.9 Å². The van der Waals surface area contributed by atoms with Crippen molar-refractivity contribution in [2.75, 3.05) is 36.7 Å². The van der Waals surface area contributed by atoms with Crippen LogP contribution in [0.3, 0.4) is 0 Å². The fourth-order valence-corrected chi connectivity index (χ4v) is 7.57. The normalized spacial score (nSPS) is 11.9. The summed E-state index contributed by atoms with van der Waals surface area (Å²) >= 11 is 0. The average Bonchev–Trinajstić information content (AvgIpc) is 3.84. The highest BCUT2D eigenvalue weighted by atomic mass is 32.2. The van der Waals surface area contributed by atoms with Gasteiger partial charge in [-0.1, -0.05) is 36.4 Å². The molecule has 0 N–H and O–H groups in total. The minimum Gasteiger partial charge on any atom is -0.497 e. The second-order valence-corrected chi connectivity index (χ2v) is 16.9. The Morgan fingerprint density at radius 3 is 1.27 bits per heavy atom. The number of aromatic nitrogens is 6. The van der Waals surface area contributed by atoms with E-state index in [4.69, 9.17) is 29.6 Å². The van der Waals surface area contributed by atoms with Gasteiger partial charge in [-0.25, -0.2) is 35.9 Å². The quantitative estimate of drug-likeness (QED) is 0.126. The van der Waals surface area contributed by atoms with Gasteiger partial charge in [0.1, 0.15) is 11.5 Å². The lowest BCUT2D eigenvalue weighted by molar-refractivity contribution is 0.414. The molecule has 8 rings (SSSR count). The topological polar surface area (TPSA) is 154 Å². The van der Waals surface area contributed by atoms with E-state index in [0.29, 0.717) is 34.2 Å². The van der Waals surface area contributed by atoms with Gasteiger partial charge in [-0.05, 0) is 83.9 Å². The Morgan fingerprint density at radius 1 is 0.518 bits per heavy atom. The summed E-state index contributed by atoms with van der Waals surface area (Å²) in [7, 11) is -3.61. The fraction of sp³-hybridized carbons (Fsp3) is 0.100. The largest absolute Gasteiger partial charge is 0.497 e. The summed E-state index contributed by atoms with van der Waals surface area (Å²) in [5.41, 5.74) is 5.18. The van der Waals surface area contributed by atoms with Gasteiger partial charge in [-0.3, -0.25) is 0 Å². The molecule has 0 amide bonds. The zero-order chi connectivity index (χ0) is 39.2. The van der Waals surface area contributed by atoms with Crippen LogP contribution in [0.5, 0.6) is 11.5 Å². The summed E-state index contributed by atoms with van der Waals surface area (Å²) < 4.78 is 63.4. The number of rotatable bonds is 11. The maximum Gasteiger partial charge on any atom is 0.269 e. The van der Waals surface area contributed by atoms with Crippen LogP contribution in [0.2, 0.25) is 0 Å². The summed E-state index contributed by atoms with van der Waals surface area (Å²) in [5.74, 6) is 1.65. The standard InChI is InChI=1S/C40H34N8O6S2/c1-53-31-11-5-9-29(25-31)47(39-41-37-35(13-7-23-45(37)43-39)27-15-19-33(20-16-27)55(3,49)50)48(30-10-6-12-32(26-30)54-2)40-42-38-36(14-8-24-46(38)44-40)28-17-21-34(22-18-28)56(4,51)52/h5-26H,1-4H3. The first-order valence-corrected chi connectivity index (χ1v) is 20.9. The zero-order valence-electron chi connectivity index (χ0n) is 30.5. The smallest absolute Gasteiger partial charge is 0.269 e. The Bertz CT molecular complexity index is 2760. The summed E-state index contributed by atoms with van der Waals surface area (Å²) in [6, 6.07) is 35.6. The van der Waals surface area contributed by atoms with Crippen molar-refractivity contribution in [2.45, 2.75) is 9.79 Å². The van der Waals surface area contributed by atoms with Crippen LogP contribution in [0.1, 0.15) is 0 Å². The van der Waals surface area contributed by atoms with Crippen LogP contribution in [-0.4, -0.2) is 72.8 Å². The number of nitrogens with zero attached hydrogens (tertiary/aromatic N) is 8. The molecule has 4 aromatic heterocycles. The second kappa shape index (κ2) is 14.1. The van der Waals surface area contributed by atoms with E-state index in [1.807, 2.05) is 72.8 Å². The lowest BCUT2D eigenvalue weighted by Gasteiger charge is -2.33. The van der Waals surface area contributed by atoms with Gasteiger partial charge in [0.2, 0.25) is 0 Å². The minimum atomic E-state index is -3.39. The van der Waals surface area contributed by atoms with Crippen molar-refractivity contribution in [1.82, 2.24) is 29.2 Å². The van der Waals surface area contributed by atoms with Gasteiger partial charge in [-0.15, -0.1) is 10.2 Å². The first-order valence-electron chi connectivity index (χ1n) is 17.1. The number of fused-ring (bicyclic) bond motifs is 2. The summed E-state index contributed by atoms with van der Waals surface area (Å²) in [4.78, 5) is 10.6. The Kier molecular flexibility index (Phi) is 9.14. The van der Waals surface area contributed by atoms with Gasteiger partial charge in [0.05, 0.1) is 35.4 Å². The number of hydrazine groups is 1. The highest BCUT2D eigenvalue weighted by Gasteiger charge is 2.30. The Balaban J connectivity index is 1.34. The van der Waals surface area contributed by atoms with Crippen LogP contribution in [0.4, 0.5) is 23.3 Å². The molecule has 0 unspecified atom stereocenters. The molecule has 16 heteroatoms. The lowest BCUT2D eigenvalue weighted by Crippen LogP contribution is -2.37. The third-order valence-electron chi connectivity index (χ3n) is 9.06. The predicted molar refractivity (Wildman–Crippen MR) is 213 cm³/mol. The second-order valence-electron chi connectivity index (χ2n) is 12.8. The molecule has 0 saturated carbocycles. The highest BCUT2D eigenvalue weighted by molar-refractivity contribution is 7.91. The van der Waals surface area contributed by atoms with Crippen LogP contribution in [-0.2, 0) is 19.7 Å². The maximum atomic E-state index is 12.2. The van der Waals surface area contributed by atoms with Crippen molar-refractivity contribution in [3.05, 3.63) is 134 Å². The molecule has 0 saturated heterocycles. The Morgan fingerprint density at radius 2 is 0.911 bits per heavy atom. The minimum absolute atomic E-state index is 0.211. The molecule has 0 aliphatic heterocycles. The number of hydrogen-bond acceptors (Lipinski definition) is 12. The molecule has 14 nitrogen and oxygen atoms in total. The van der Waals surface area contributed by atoms with E-state index in [1.165, 1.54) is 12.5 Å². The van der Waals surface area contributed by atoms with Crippen molar-refractivity contribution < 1.29 is 26.3 Å². The van der Waals surface area contributed by atoms with Crippen LogP contribution in [0, 0.1) is 0 Å². The van der Waals surface area contributed by atoms with E-state index in [-0.39, 0.29) is 21.7 Å². The number of hydrogen-bond donors (Lipinski definition) is 0. The van der Waals surface area contributed by atoms with Crippen molar-refractivity contribution in [3.8, 4) is 33.8 Å². The molecular formula is C40H34N8O6S2. The number of benzene rings is 4. The monoisotopic (exact) mass is 786 g/mol. The molecular weight excluding hydrogens is 753 g/mol. The van der Waals surface area contributed by atoms with Gasteiger partial charge in [-0.2, -0.15) is 9.97 Å². The molecule has 0 aliphatic rings. The van der Waals surface area contributed by atoms with Crippen LogP contribution < -0.4 is 19.5 Å². The lowest BCUT2D eigenvalue weighted by atomic mass is 10.1. The van der Waals surface area contributed by atoms with Crippen LogP contribution in [0.25, 0.3) is 33.5 Å². The van der Waals surface area contributed by atoms with E-state index in [2.05, 4.69) is 0 Å². The first-order chi connectivity index (χ1) is 26.9. The first kappa shape index (κ1) is 36.2. The zero-order valence-corrected chi connectivity index (χ0v) is 32.2. The Labute approximate surface area is 322 Å². The van der Waals surface area contributed by atoms with Crippen LogP contribution >= 0.6 is 0 Å². The Hall–Kier alpha value is -6.78. The van der Waals surface area contributed by atoms with Crippen molar-refractivity contribution in [1.29, 1.82) is 0 Å². The number of sulfone groups is 2. The number of pyridine rings is 2. The molecule has 0 bridgehead atoms. The third kappa shape index (κ3) is 6.86. The molecule has 282 valence electrons. The maximum absolute atomic E-state index is 12.2. The van der Waals surface area contributed by atoms with E-state index in [1.54, 1.807) is 94.2 Å². The number of anilines is 4. The van der Waals surface area contributed by atoms with E-state index < -0.39 is 19.7 Å². The molecule has 4 aromatic carbocycles. The third-order valence-corrected chi connectivity index (χ3v) is 11.3. The van der Waals surface area contributed by atoms with Gasteiger partial charge < -0.3 is 9.47 Å². The summed E-state index contributed by atoms with van der Waals surface area (Å²) in [6.45, 7) is 0. The van der Waals surface area contributed by atoms with E-state index in [9.17, 15) is 16.8 Å². The predicted octanol–water partition coefficient (Wildman–Crippen LogP) is 6.82. The number of ether oxygens (including phenoxy) is 2. The average molecular weight is 787 g/mol. The van der Waals surface area contributed by atoms with Crippen molar-refractivity contribution >= 4 is 54.2 Å². The van der Waals surface area contributed by atoms with Gasteiger partial charge in [0, 0.05) is 48.2 Å². The van der Waals surface area contributed by atoms with E-state index >= 15 is 0 Å².